The predicted molar refractivity (Wildman–Crippen MR) is 143 cm³/mol. The maximum atomic E-state index is 13.4. The van der Waals surface area contributed by atoms with E-state index in [0.29, 0.717) is 18.7 Å². The van der Waals surface area contributed by atoms with E-state index in [0.717, 1.165) is 49.6 Å². The van der Waals surface area contributed by atoms with E-state index in [2.05, 4.69) is 50.1 Å². The molecular formula is C26H36ClN8O2+. The van der Waals surface area contributed by atoms with Crippen LogP contribution in [0.4, 0.5) is 5.82 Å². The fraction of sp³-hybridized carbons (Fsp3) is 0.500. The van der Waals surface area contributed by atoms with Crippen molar-refractivity contribution < 1.29 is 14.2 Å². The molecule has 37 heavy (non-hydrogen) atoms. The lowest BCUT2D eigenvalue weighted by Gasteiger charge is -2.34. The Labute approximate surface area is 222 Å². The van der Waals surface area contributed by atoms with Gasteiger partial charge in [0.15, 0.2) is 22.5 Å². The Morgan fingerprint density at radius 3 is 2.59 bits per heavy atom. The Hall–Kier alpha value is -3.24. The molecule has 3 N–H and O–H groups in total. The normalized spacial score (nSPS) is 14.3. The van der Waals surface area contributed by atoms with Gasteiger partial charge in [-0.3, -0.25) is 14.5 Å². The van der Waals surface area contributed by atoms with Gasteiger partial charge < -0.3 is 16.0 Å². The molecule has 0 aliphatic carbocycles. The molecule has 0 radical (unpaired) electrons. The number of hydrogen-bond acceptors (Lipinski definition) is 6. The number of amides is 2. The summed E-state index contributed by atoms with van der Waals surface area (Å²) in [4.78, 5) is 38.5. The second kappa shape index (κ2) is 11.9. The van der Waals surface area contributed by atoms with Crippen LogP contribution in [-0.2, 0) is 19.6 Å². The molecule has 3 heterocycles. The second-order valence-corrected chi connectivity index (χ2v) is 9.59. The lowest BCUT2D eigenvalue weighted by Crippen LogP contribution is -2.48. The van der Waals surface area contributed by atoms with Crippen molar-refractivity contribution in [2.24, 2.45) is 0 Å². The Kier molecular flexibility index (Phi) is 8.60. The first-order valence-electron chi connectivity index (χ1n) is 13.0. The molecule has 4 rings (SSSR count). The van der Waals surface area contributed by atoms with Crippen LogP contribution in [0.1, 0.15) is 60.3 Å². The third-order valence-electron chi connectivity index (χ3n) is 6.94. The predicted octanol–water partition coefficient (Wildman–Crippen LogP) is 2.48. The number of nitrogen functional groups attached to an aromatic ring is 1. The number of nitrogens with one attached hydrogen (secondary N) is 1. The summed E-state index contributed by atoms with van der Waals surface area (Å²) in [7, 11) is 0. The van der Waals surface area contributed by atoms with Gasteiger partial charge in [-0.25, -0.2) is 19.1 Å². The van der Waals surface area contributed by atoms with Gasteiger partial charge in [-0.15, -0.1) is 0 Å². The van der Waals surface area contributed by atoms with E-state index in [1.807, 2.05) is 23.1 Å². The van der Waals surface area contributed by atoms with E-state index in [1.165, 1.54) is 19.0 Å². The first kappa shape index (κ1) is 26.8. The average molecular weight is 528 g/mol. The van der Waals surface area contributed by atoms with Crippen LogP contribution in [-0.4, -0.2) is 68.9 Å². The number of aryl methyl sites for hydroxylation is 2. The number of piperazine rings is 1. The SMILES string of the molecule is CCCCN1CCN(C(=O)c2ccc3c(c2)[n+](CC)c(CNC(=O)c2nc(Cl)cnc2N)n3CC)CC1. The summed E-state index contributed by atoms with van der Waals surface area (Å²) in [5.74, 6) is 0.553. The summed E-state index contributed by atoms with van der Waals surface area (Å²) in [5, 5.41) is 3.00. The highest BCUT2D eigenvalue weighted by atomic mass is 35.5. The van der Waals surface area contributed by atoms with Crippen molar-refractivity contribution in [3.8, 4) is 0 Å². The molecule has 10 nitrogen and oxygen atoms in total. The number of carbonyl (C=O) groups is 2. The zero-order chi connectivity index (χ0) is 26.5. The number of halogens is 1. The van der Waals surface area contributed by atoms with Crippen molar-refractivity contribution in [1.29, 1.82) is 0 Å². The third-order valence-corrected chi connectivity index (χ3v) is 7.12. The third kappa shape index (κ3) is 5.70. The molecule has 1 aliphatic rings. The molecule has 2 amide bonds. The summed E-state index contributed by atoms with van der Waals surface area (Å²) in [6, 6.07) is 5.88. The Bertz CT molecular complexity index is 1280. The summed E-state index contributed by atoms with van der Waals surface area (Å²) in [5.41, 5.74) is 8.48. The Morgan fingerprint density at radius 1 is 1.16 bits per heavy atom. The number of hydrogen-bond donors (Lipinski definition) is 2. The molecule has 1 saturated heterocycles. The Morgan fingerprint density at radius 2 is 1.92 bits per heavy atom. The Balaban J connectivity index is 1.56. The summed E-state index contributed by atoms with van der Waals surface area (Å²) in [6.07, 6.45) is 3.68. The number of carbonyl (C=O) groups excluding carboxylic acids is 2. The van der Waals surface area contributed by atoms with E-state index in [4.69, 9.17) is 17.3 Å². The van der Waals surface area contributed by atoms with Gasteiger partial charge in [-0.2, -0.15) is 0 Å². The zero-order valence-electron chi connectivity index (χ0n) is 21.8. The van der Waals surface area contributed by atoms with Crippen molar-refractivity contribution >= 4 is 40.3 Å². The molecular weight excluding hydrogens is 492 g/mol. The summed E-state index contributed by atoms with van der Waals surface area (Å²) >= 11 is 5.90. The van der Waals surface area contributed by atoms with Crippen molar-refractivity contribution in [3.63, 3.8) is 0 Å². The molecule has 1 aliphatic heterocycles. The number of aromatic nitrogens is 4. The van der Waals surface area contributed by atoms with Gasteiger partial charge in [0.25, 0.3) is 17.6 Å². The van der Waals surface area contributed by atoms with Crippen LogP contribution in [0.15, 0.2) is 24.4 Å². The number of fused-ring (bicyclic) bond motifs is 1. The van der Waals surface area contributed by atoms with Crippen LogP contribution >= 0.6 is 11.6 Å². The fourth-order valence-electron chi connectivity index (χ4n) is 4.95. The van der Waals surface area contributed by atoms with Crippen LogP contribution in [0.25, 0.3) is 11.0 Å². The minimum atomic E-state index is -0.447. The van der Waals surface area contributed by atoms with Gasteiger partial charge in [-0.05, 0) is 38.9 Å². The zero-order valence-corrected chi connectivity index (χ0v) is 22.6. The smallest absolute Gasteiger partial charge is 0.277 e. The van der Waals surface area contributed by atoms with Crippen molar-refractivity contribution in [2.45, 2.75) is 53.2 Å². The van der Waals surface area contributed by atoms with Crippen molar-refractivity contribution in [1.82, 2.24) is 29.7 Å². The van der Waals surface area contributed by atoms with E-state index in [1.54, 1.807) is 0 Å². The topological polar surface area (TPSA) is 113 Å². The minimum Gasteiger partial charge on any atom is -0.382 e. The van der Waals surface area contributed by atoms with Gasteiger partial charge in [0.1, 0.15) is 11.7 Å². The summed E-state index contributed by atoms with van der Waals surface area (Å²) in [6.45, 7) is 12.4. The van der Waals surface area contributed by atoms with Gasteiger partial charge in [-0.1, -0.05) is 24.9 Å². The molecule has 0 unspecified atom stereocenters. The number of nitrogens with zero attached hydrogens (tertiary/aromatic N) is 6. The number of anilines is 1. The molecule has 2 aromatic heterocycles. The highest BCUT2D eigenvalue weighted by molar-refractivity contribution is 6.29. The number of unbranched alkanes of at least 4 members (excludes halogenated alkanes) is 1. The molecule has 1 aromatic carbocycles. The van der Waals surface area contributed by atoms with Gasteiger partial charge >= 0.3 is 0 Å². The molecule has 198 valence electrons. The molecule has 11 heteroatoms. The van der Waals surface area contributed by atoms with Gasteiger partial charge in [0.2, 0.25) is 0 Å². The highest BCUT2D eigenvalue weighted by Crippen LogP contribution is 2.19. The van der Waals surface area contributed by atoms with Crippen molar-refractivity contribution in [2.75, 3.05) is 38.5 Å². The number of nitrogens with two attached hydrogens (primary N) is 1. The molecule has 0 atom stereocenters. The van der Waals surface area contributed by atoms with Gasteiger partial charge in [0, 0.05) is 37.8 Å². The number of imidazole rings is 1. The average Bonchev–Trinajstić information content (AvgIpc) is 3.23. The first-order valence-corrected chi connectivity index (χ1v) is 13.4. The summed E-state index contributed by atoms with van der Waals surface area (Å²) < 4.78 is 4.28. The quantitative estimate of drug-likeness (QED) is 0.413. The van der Waals surface area contributed by atoms with Crippen LogP contribution in [0.3, 0.4) is 0 Å². The fourth-order valence-corrected chi connectivity index (χ4v) is 5.08. The molecule has 0 saturated carbocycles. The molecule has 0 bridgehead atoms. The second-order valence-electron chi connectivity index (χ2n) is 9.20. The van der Waals surface area contributed by atoms with E-state index in [-0.39, 0.29) is 29.1 Å². The lowest BCUT2D eigenvalue weighted by molar-refractivity contribution is -0.676. The van der Waals surface area contributed by atoms with Crippen LogP contribution < -0.4 is 15.6 Å². The number of benzene rings is 1. The van der Waals surface area contributed by atoms with Crippen LogP contribution in [0, 0.1) is 0 Å². The standard InChI is InChI=1S/C26H35ClN8O2/c1-4-7-10-32-11-13-33(14-12-32)26(37)18-8-9-19-20(15-18)35(6-3)22(34(19)5-2)17-30-25(36)23-24(28)29-16-21(27)31-23/h8-9,15-16H,4-7,10-14,17H2,1-3H3,(H2-,28,29,30,36)/p+1. The number of rotatable bonds is 9. The van der Waals surface area contributed by atoms with Crippen LogP contribution in [0.5, 0.6) is 0 Å². The maximum absolute atomic E-state index is 13.4. The van der Waals surface area contributed by atoms with Crippen molar-refractivity contribution in [3.05, 3.63) is 46.6 Å². The molecule has 3 aromatic rings. The highest BCUT2D eigenvalue weighted by Gasteiger charge is 2.27. The van der Waals surface area contributed by atoms with E-state index < -0.39 is 5.91 Å². The molecule has 1 fully saturated rings. The largest absolute Gasteiger partial charge is 0.382 e. The van der Waals surface area contributed by atoms with Gasteiger partial charge in [0.05, 0.1) is 19.3 Å². The molecule has 0 spiro atoms. The lowest BCUT2D eigenvalue weighted by atomic mass is 10.1. The first-order chi connectivity index (χ1) is 17.9. The minimum absolute atomic E-state index is 0.00242. The van der Waals surface area contributed by atoms with E-state index >= 15 is 0 Å². The van der Waals surface area contributed by atoms with E-state index in [9.17, 15) is 9.59 Å². The monoisotopic (exact) mass is 527 g/mol. The van der Waals surface area contributed by atoms with Crippen LogP contribution in [0.2, 0.25) is 5.15 Å². The maximum Gasteiger partial charge on any atom is 0.277 e.